The molecule has 0 N–H and O–H groups in total. The molecule has 1 heterocycles. The number of piperazine rings is 1. The SMILES string of the molecule is CCCS(=O)(=O)N1CCN(CCCc2ccc(F)cc2)CC1. The summed E-state index contributed by atoms with van der Waals surface area (Å²) in [6.07, 6.45) is 2.60. The van der Waals surface area contributed by atoms with Gasteiger partial charge in [-0.3, -0.25) is 0 Å². The van der Waals surface area contributed by atoms with Gasteiger partial charge in [-0.1, -0.05) is 19.1 Å². The third-order valence-electron chi connectivity index (χ3n) is 4.04. The van der Waals surface area contributed by atoms with Gasteiger partial charge in [0.1, 0.15) is 5.82 Å². The molecular formula is C16H25FN2O2S. The van der Waals surface area contributed by atoms with Gasteiger partial charge in [-0.05, 0) is 43.5 Å². The summed E-state index contributed by atoms with van der Waals surface area (Å²) >= 11 is 0. The van der Waals surface area contributed by atoms with Crippen LogP contribution in [0.3, 0.4) is 0 Å². The van der Waals surface area contributed by atoms with E-state index in [1.165, 1.54) is 12.1 Å². The molecule has 124 valence electrons. The first-order valence-corrected chi connectivity index (χ1v) is 9.57. The highest BCUT2D eigenvalue weighted by Crippen LogP contribution is 2.11. The Bertz CT molecular complexity index is 552. The van der Waals surface area contributed by atoms with Crippen LogP contribution in [0.15, 0.2) is 24.3 Å². The van der Waals surface area contributed by atoms with Crippen molar-refractivity contribution in [1.82, 2.24) is 9.21 Å². The van der Waals surface area contributed by atoms with Crippen molar-refractivity contribution in [3.8, 4) is 0 Å². The highest BCUT2D eigenvalue weighted by molar-refractivity contribution is 7.89. The van der Waals surface area contributed by atoms with Crippen LogP contribution in [0.1, 0.15) is 25.3 Å². The Morgan fingerprint density at radius 2 is 1.73 bits per heavy atom. The first kappa shape index (κ1) is 17.4. The van der Waals surface area contributed by atoms with Crippen LogP contribution in [0.25, 0.3) is 0 Å². The van der Waals surface area contributed by atoms with Crippen LogP contribution in [-0.2, 0) is 16.4 Å². The van der Waals surface area contributed by atoms with Crippen molar-refractivity contribution in [3.63, 3.8) is 0 Å². The van der Waals surface area contributed by atoms with Crippen molar-refractivity contribution in [1.29, 1.82) is 0 Å². The second kappa shape index (κ2) is 8.04. The summed E-state index contributed by atoms with van der Waals surface area (Å²) in [5.74, 6) is 0.0468. The number of nitrogens with zero attached hydrogens (tertiary/aromatic N) is 2. The van der Waals surface area contributed by atoms with E-state index >= 15 is 0 Å². The number of hydrogen-bond donors (Lipinski definition) is 0. The van der Waals surface area contributed by atoms with Gasteiger partial charge in [0.15, 0.2) is 0 Å². The first-order chi connectivity index (χ1) is 10.5. The van der Waals surface area contributed by atoms with Crippen molar-refractivity contribution in [2.45, 2.75) is 26.2 Å². The summed E-state index contributed by atoms with van der Waals surface area (Å²) in [5, 5.41) is 0. The van der Waals surface area contributed by atoms with Crippen LogP contribution >= 0.6 is 0 Å². The Morgan fingerprint density at radius 3 is 2.32 bits per heavy atom. The number of sulfonamides is 1. The van der Waals surface area contributed by atoms with E-state index in [1.54, 1.807) is 4.31 Å². The number of halogens is 1. The third kappa shape index (κ3) is 5.04. The average Bonchev–Trinajstić information content (AvgIpc) is 2.50. The summed E-state index contributed by atoms with van der Waals surface area (Å²) in [6, 6.07) is 6.63. The normalized spacial score (nSPS) is 17.7. The van der Waals surface area contributed by atoms with Gasteiger partial charge in [0.05, 0.1) is 5.75 Å². The van der Waals surface area contributed by atoms with Crippen molar-refractivity contribution in [3.05, 3.63) is 35.6 Å². The molecule has 0 bridgehead atoms. The molecule has 0 saturated carbocycles. The predicted molar refractivity (Wildman–Crippen MR) is 86.8 cm³/mol. The minimum absolute atomic E-state index is 0.201. The lowest BCUT2D eigenvalue weighted by Crippen LogP contribution is -2.49. The van der Waals surface area contributed by atoms with Crippen molar-refractivity contribution in [2.75, 3.05) is 38.5 Å². The second-order valence-corrected chi connectivity index (χ2v) is 7.88. The molecule has 1 aliphatic rings. The average molecular weight is 328 g/mol. The van der Waals surface area contributed by atoms with Crippen LogP contribution < -0.4 is 0 Å². The Kier molecular flexibility index (Phi) is 6.35. The number of aryl methyl sites for hydroxylation is 1. The fourth-order valence-electron chi connectivity index (χ4n) is 2.78. The van der Waals surface area contributed by atoms with Gasteiger partial charge in [-0.25, -0.2) is 12.8 Å². The molecule has 0 atom stereocenters. The Hall–Kier alpha value is -0.980. The minimum Gasteiger partial charge on any atom is -0.301 e. The van der Waals surface area contributed by atoms with E-state index in [9.17, 15) is 12.8 Å². The number of hydrogen-bond acceptors (Lipinski definition) is 3. The van der Waals surface area contributed by atoms with Crippen LogP contribution in [0, 0.1) is 5.82 Å². The lowest BCUT2D eigenvalue weighted by molar-refractivity contribution is 0.187. The number of benzene rings is 1. The molecule has 1 aromatic carbocycles. The molecule has 1 fully saturated rings. The van der Waals surface area contributed by atoms with E-state index in [1.807, 2.05) is 19.1 Å². The van der Waals surface area contributed by atoms with Crippen LogP contribution in [0.4, 0.5) is 4.39 Å². The fourth-order valence-corrected chi connectivity index (χ4v) is 4.27. The molecular weight excluding hydrogens is 303 g/mol. The maximum Gasteiger partial charge on any atom is 0.214 e. The molecule has 1 aromatic rings. The van der Waals surface area contributed by atoms with E-state index in [2.05, 4.69) is 4.90 Å². The first-order valence-electron chi connectivity index (χ1n) is 7.96. The molecule has 0 aromatic heterocycles. The smallest absolute Gasteiger partial charge is 0.214 e. The molecule has 1 aliphatic heterocycles. The second-order valence-electron chi connectivity index (χ2n) is 5.79. The molecule has 6 heteroatoms. The maximum atomic E-state index is 12.8. The summed E-state index contributed by atoms with van der Waals surface area (Å²) in [7, 11) is -3.05. The lowest BCUT2D eigenvalue weighted by Gasteiger charge is -2.33. The zero-order chi connectivity index (χ0) is 16.0. The predicted octanol–water partition coefficient (Wildman–Crippen LogP) is 2.12. The molecule has 0 aliphatic carbocycles. The van der Waals surface area contributed by atoms with Gasteiger partial charge in [-0.2, -0.15) is 4.31 Å². The topological polar surface area (TPSA) is 40.6 Å². The summed E-state index contributed by atoms with van der Waals surface area (Å²) in [4.78, 5) is 2.31. The maximum absolute atomic E-state index is 12.8. The fraction of sp³-hybridized carbons (Fsp3) is 0.625. The standard InChI is InChI=1S/C16H25FN2O2S/c1-2-14-22(20,21)19-12-10-18(11-13-19)9-3-4-15-5-7-16(17)8-6-15/h5-8H,2-4,9-14H2,1H3. The molecule has 0 unspecified atom stereocenters. The van der Waals surface area contributed by atoms with Gasteiger partial charge < -0.3 is 4.90 Å². The minimum atomic E-state index is -3.05. The monoisotopic (exact) mass is 328 g/mol. The highest BCUT2D eigenvalue weighted by Gasteiger charge is 2.25. The van der Waals surface area contributed by atoms with Crippen LogP contribution in [-0.4, -0.2) is 56.1 Å². The van der Waals surface area contributed by atoms with E-state index in [-0.39, 0.29) is 11.6 Å². The van der Waals surface area contributed by atoms with E-state index < -0.39 is 10.0 Å². The Labute approximate surface area is 133 Å². The highest BCUT2D eigenvalue weighted by atomic mass is 32.2. The molecule has 0 spiro atoms. The molecule has 0 radical (unpaired) electrons. The summed E-state index contributed by atoms with van der Waals surface area (Å²) < 4.78 is 38.4. The van der Waals surface area contributed by atoms with Crippen molar-refractivity contribution >= 4 is 10.0 Å². The summed E-state index contributed by atoms with van der Waals surface area (Å²) in [6.45, 7) is 5.64. The Balaban J connectivity index is 1.70. The van der Waals surface area contributed by atoms with Gasteiger partial charge >= 0.3 is 0 Å². The van der Waals surface area contributed by atoms with Crippen LogP contribution in [0.5, 0.6) is 0 Å². The quantitative estimate of drug-likeness (QED) is 0.770. The lowest BCUT2D eigenvalue weighted by atomic mass is 10.1. The molecule has 1 saturated heterocycles. The van der Waals surface area contributed by atoms with Gasteiger partial charge in [0.2, 0.25) is 10.0 Å². The van der Waals surface area contributed by atoms with Crippen molar-refractivity contribution in [2.24, 2.45) is 0 Å². The zero-order valence-electron chi connectivity index (χ0n) is 13.2. The Morgan fingerprint density at radius 1 is 1.09 bits per heavy atom. The molecule has 4 nitrogen and oxygen atoms in total. The largest absolute Gasteiger partial charge is 0.301 e. The van der Waals surface area contributed by atoms with Gasteiger partial charge in [0.25, 0.3) is 0 Å². The molecule has 22 heavy (non-hydrogen) atoms. The van der Waals surface area contributed by atoms with Gasteiger partial charge in [0, 0.05) is 26.2 Å². The molecule has 0 amide bonds. The van der Waals surface area contributed by atoms with Crippen LogP contribution in [0.2, 0.25) is 0 Å². The zero-order valence-corrected chi connectivity index (χ0v) is 14.0. The van der Waals surface area contributed by atoms with E-state index in [0.717, 1.165) is 38.0 Å². The summed E-state index contributed by atoms with van der Waals surface area (Å²) in [5.41, 5.74) is 1.14. The van der Waals surface area contributed by atoms with Crippen molar-refractivity contribution < 1.29 is 12.8 Å². The van der Waals surface area contributed by atoms with Gasteiger partial charge in [-0.15, -0.1) is 0 Å². The third-order valence-corrected chi connectivity index (χ3v) is 6.12. The van der Waals surface area contributed by atoms with E-state index in [0.29, 0.717) is 19.5 Å². The van der Waals surface area contributed by atoms with E-state index in [4.69, 9.17) is 0 Å². The number of rotatable bonds is 7. The molecule has 2 rings (SSSR count).